The number of amides is 1. The average Bonchev–Trinajstić information content (AvgIpc) is 2.95. The first-order valence-corrected chi connectivity index (χ1v) is 15.1. The molecule has 3 aromatic carbocycles. The van der Waals surface area contributed by atoms with Crippen LogP contribution >= 0.6 is 11.8 Å². The molecule has 9 heteroatoms. The maximum atomic E-state index is 13.0. The Balaban J connectivity index is 1.80. The van der Waals surface area contributed by atoms with E-state index in [0.29, 0.717) is 17.9 Å². The topological polar surface area (TPSA) is 102 Å². The number of ether oxygens (including phenoxy) is 2. The number of carbonyl (C=O) groups excluding carboxylic acids is 1. The van der Waals surface area contributed by atoms with Gasteiger partial charge in [0, 0.05) is 10.1 Å². The van der Waals surface area contributed by atoms with Gasteiger partial charge in [-0.3, -0.25) is 10.0 Å². The lowest BCUT2D eigenvalue weighted by Gasteiger charge is -2.26. The molecular weight excluding hydrogens is 522 g/mol. The van der Waals surface area contributed by atoms with Crippen LogP contribution in [0.4, 0.5) is 0 Å². The number of nitrogens with one attached hydrogen (secondary N) is 1. The third-order valence-electron chi connectivity index (χ3n) is 6.39. The Bertz CT molecular complexity index is 1250. The number of hydrogen-bond acceptors (Lipinski definition) is 7. The van der Waals surface area contributed by atoms with Crippen molar-refractivity contribution in [2.75, 3.05) is 20.0 Å². The van der Waals surface area contributed by atoms with E-state index in [9.17, 15) is 18.4 Å². The van der Waals surface area contributed by atoms with Crippen LogP contribution in [-0.2, 0) is 21.1 Å². The summed E-state index contributed by atoms with van der Waals surface area (Å²) in [7, 11) is -0.468. The molecule has 3 aromatic rings. The molecule has 2 atom stereocenters. The number of benzene rings is 3. The summed E-state index contributed by atoms with van der Waals surface area (Å²) in [4.78, 5) is 13.9. The summed E-state index contributed by atoms with van der Waals surface area (Å²) < 4.78 is 36.7. The van der Waals surface area contributed by atoms with E-state index >= 15 is 0 Å². The average molecular weight is 558 g/mol. The molecule has 0 aliphatic rings. The van der Waals surface area contributed by atoms with Gasteiger partial charge in [-0.2, -0.15) is 0 Å². The van der Waals surface area contributed by atoms with Crippen molar-refractivity contribution in [3.63, 3.8) is 0 Å². The van der Waals surface area contributed by atoms with Crippen LogP contribution in [0, 0.1) is 5.92 Å². The molecule has 2 N–H and O–H groups in total. The third-order valence-corrected chi connectivity index (χ3v) is 9.54. The van der Waals surface area contributed by atoms with Crippen molar-refractivity contribution in [3.05, 3.63) is 84.4 Å². The van der Waals surface area contributed by atoms with Gasteiger partial charge in [-0.1, -0.05) is 55.0 Å². The molecule has 0 radical (unpaired) electrons. The van der Waals surface area contributed by atoms with Gasteiger partial charge in [0.1, 0.15) is 0 Å². The molecule has 38 heavy (non-hydrogen) atoms. The molecule has 0 saturated heterocycles. The van der Waals surface area contributed by atoms with Crippen LogP contribution in [0.5, 0.6) is 11.5 Å². The van der Waals surface area contributed by atoms with Crippen LogP contribution < -0.4 is 15.0 Å². The number of aryl methyl sites for hydroxylation is 1. The molecule has 3 rings (SSSR count). The highest BCUT2D eigenvalue weighted by Crippen LogP contribution is 2.38. The summed E-state index contributed by atoms with van der Waals surface area (Å²) in [5.41, 5.74) is 3.02. The van der Waals surface area contributed by atoms with E-state index in [0.717, 1.165) is 24.2 Å². The lowest BCUT2D eigenvalue weighted by Crippen LogP contribution is -2.36. The predicted octanol–water partition coefficient (Wildman–Crippen LogP) is 5.56. The summed E-state index contributed by atoms with van der Waals surface area (Å²) in [5, 5.41) is 9.27. The van der Waals surface area contributed by atoms with Gasteiger partial charge in [-0.05, 0) is 61.6 Å². The smallest absolute Gasteiger partial charge is 0.247 e. The predicted molar refractivity (Wildman–Crippen MR) is 150 cm³/mol. The first-order valence-electron chi connectivity index (χ1n) is 12.5. The van der Waals surface area contributed by atoms with Gasteiger partial charge in [0.15, 0.2) is 21.3 Å². The van der Waals surface area contributed by atoms with Gasteiger partial charge >= 0.3 is 0 Å². The molecule has 0 heterocycles. The van der Waals surface area contributed by atoms with Gasteiger partial charge in [0.05, 0.1) is 30.8 Å². The Kier molecular flexibility index (Phi) is 11.5. The second-order valence-electron chi connectivity index (χ2n) is 8.91. The largest absolute Gasteiger partial charge is 0.493 e. The monoisotopic (exact) mass is 557 g/mol. The van der Waals surface area contributed by atoms with E-state index in [4.69, 9.17) is 9.47 Å². The molecule has 0 saturated carbocycles. The summed E-state index contributed by atoms with van der Waals surface area (Å²) in [6.45, 7) is 0. The van der Waals surface area contributed by atoms with E-state index in [2.05, 4.69) is 12.1 Å². The number of hydroxylamine groups is 1. The molecule has 0 bridgehead atoms. The zero-order valence-corrected chi connectivity index (χ0v) is 23.3. The van der Waals surface area contributed by atoms with Crippen molar-refractivity contribution in [1.82, 2.24) is 5.48 Å². The number of unbranched alkanes of at least 4 members (excludes halogenated alkanes) is 1. The fourth-order valence-corrected chi connectivity index (χ4v) is 7.07. The highest BCUT2D eigenvalue weighted by Gasteiger charge is 2.31. The van der Waals surface area contributed by atoms with Crippen LogP contribution in [0.3, 0.4) is 0 Å². The lowest BCUT2D eigenvalue weighted by molar-refractivity contribution is -0.133. The van der Waals surface area contributed by atoms with Crippen molar-refractivity contribution in [2.45, 2.75) is 47.1 Å². The van der Waals surface area contributed by atoms with Crippen molar-refractivity contribution >= 4 is 27.5 Å². The Morgan fingerprint density at radius 3 is 2.18 bits per heavy atom. The third kappa shape index (κ3) is 8.51. The lowest BCUT2D eigenvalue weighted by atomic mass is 9.96. The Hall–Kier alpha value is -3.01. The maximum Gasteiger partial charge on any atom is 0.247 e. The molecular formula is C29H35NO6S2. The van der Waals surface area contributed by atoms with Gasteiger partial charge < -0.3 is 9.47 Å². The Morgan fingerprint density at radius 1 is 0.895 bits per heavy atom. The highest BCUT2D eigenvalue weighted by molar-refractivity contribution is 8.00. The van der Waals surface area contributed by atoms with Crippen LogP contribution in [0.15, 0.2) is 88.7 Å². The van der Waals surface area contributed by atoms with Crippen molar-refractivity contribution in [2.24, 2.45) is 5.92 Å². The summed E-state index contributed by atoms with van der Waals surface area (Å²) >= 11 is 1.48. The maximum absolute atomic E-state index is 13.0. The number of thioether (sulfide) groups is 1. The molecule has 1 amide bonds. The van der Waals surface area contributed by atoms with E-state index in [1.165, 1.54) is 17.3 Å². The minimum atomic E-state index is -3.59. The zero-order valence-electron chi connectivity index (χ0n) is 21.7. The minimum Gasteiger partial charge on any atom is -0.493 e. The van der Waals surface area contributed by atoms with E-state index in [-0.39, 0.29) is 22.3 Å². The fourth-order valence-electron chi connectivity index (χ4n) is 4.32. The van der Waals surface area contributed by atoms with Crippen molar-refractivity contribution in [3.8, 4) is 11.5 Å². The van der Waals surface area contributed by atoms with E-state index in [1.807, 2.05) is 30.3 Å². The Labute approximate surface area is 229 Å². The summed E-state index contributed by atoms with van der Waals surface area (Å²) in [6.07, 6.45) is 3.40. The molecule has 0 aliphatic carbocycles. The van der Waals surface area contributed by atoms with Crippen LogP contribution in [0.1, 0.15) is 31.2 Å². The normalized spacial score (nSPS) is 12.9. The van der Waals surface area contributed by atoms with Crippen molar-refractivity contribution in [1.29, 1.82) is 0 Å². The molecule has 204 valence electrons. The molecule has 0 aromatic heterocycles. The molecule has 7 nitrogen and oxygen atoms in total. The van der Waals surface area contributed by atoms with Gasteiger partial charge in [-0.25, -0.2) is 13.9 Å². The second-order valence-corrected chi connectivity index (χ2v) is 12.3. The fraction of sp³-hybridized carbons (Fsp3) is 0.345. The number of sulfone groups is 1. The van der Waals surface area contributed by atoms with Gasteiger partial charge in [0.25, 0.3) is 0 Å². The first-order chi connectivity index (χ1) is 18.4. The summed E-state index contributed by atoms with van der Waals surface area (Å²) in [6, 6.07) is 23.9. The quantitative estimate of drug-likeness (QED) is 0.109. The number of rotatable bonds is 15. The van der Waals surface area contributed by atoms with Crippen LogP contribution in [0.25, 0.3) is 0 Å². The van der Waals surface area contributed by atoms with Crippen LogP contribution in [-0.4, -0.2) is 44.8 Å². The van der Waals surface area contributed by atoms with Crippen LogP contribution in [0.2, 0.25) is 0 Å². The second kappa shape index (κ2) is 14.8. The minimum absolute atomic E-state index is 0.0766. The van der Waals surface area contributed by atoms with Gasteiger partial charge in [-0.15, -0.1) is 11.8 Å². The molecule has 0 aliphatic heterocycles. The van der Waals surface area contributed by atoms with E-state index < -0.39 is 21.7 Å². The molecule has 0 fully saturated rings. The standard InChI is InChI=1S/C29H35NO6S2/c1-35-26-18-17-23(21-27(26)36-2)37-28(16-10-9-13-22-11-5-3-6-12-22)25(29(31)30-32)19-20-38(33,34)24-14-7-4-8-15-24/h3-8,11-12,14-15,17-18,21,25,28,32H,9-10,13,16,19-20H2,1-2H3,(H,30,31). The summed E-state index contributed by atoms with van der Waals surface area (Å²) in [5.74, 6) is -0.366. The highest BCUT2D eigenvalue weighted by atomic mass is 32.2. The number of methoxy groups -OCH3 is 2. The van der Waals surface area contributed by atoms with Gasteiger partial charge in [0.2, 0.25) is 5.91 Å². The van der Waals surface area contributed by atoms with Crippen molar-refractivity contribution < 1.29 is 27.9 Å². The molecule has 2 unspecified atom stereocenters. The SMILES string of the molecule is COc1ccc(SC(CCCCc2ccccc2)C(CCS(=O)(=O)c2ccccc2)C(=O)NO)cc1OC. The Morgan fingerprint density at radius 2 is 1.55 bits per heavy atom. The van der Waals surface area contributed by atoms with E-state index in [1.54, 1.807) is 56.1 Å². The number of hydrogen-bond donors (Lipinski definition) is 2. The number of carbonyl (C=O) groups is 1. The zero-order chi connectivity index (χ0) is 27.4. The molecule has 0 spiro atoms. The first kappa shape index (κ1) is 29.5.